The monoisotopic (exact) mass is 212 g/mol. The van der Waals surface area contributed by atoms with Crippen LogP contribution in [0.4, 0.5) is 0 Å². The highest BCUT2D eigenvalue weighted by Gasteiger charge is 2.23. The van der Waals surface area contributed by atoms with Crippen LogP contribution in [0, 0.1) is 12.3 Å². The van der Waals surface area contributed by atoms with Gasteiger partial charge in [0.05, 0.1) is 5.01 Å². The van der Waals surface area contributed by atoms with Crippen LogP contribution in [0.2, 0.25) is 0 Å². The zero-order chi connectivity index (χ0) is 10.8. The molecule has 0 aliphatic rings. The van der Waals surface area contributed by atoms with E-state index in [1.807, 2.05) is 14.0 Å². The van der Waals surface area contributed by atoms with Crippen molar-refractivity contribution in [3.63, 3.8) is 0 Å². The average molecular weight is 212 g/mol. The van der Waals surface area contributed by atoms with Crippen molar-refractivity contribution >= 4 is 11.3 Å². The van der Waals surface area contributed by atoms with E-state index in [0.29, 0.717) is 6.04 Å². The molecule has 0 aliphatic carbocycles. The second-order valence-corrected chi connectivity index (χ2v) is 5.74. The van der Waals surface area contributed by atoms with Crippen molar-refractivity contribution in [1.29, 1.82) is 0 Å². The topological polar surface area (TPSA) is 24.9 Å². The van der Waals surface area contributed by atoms with Gasteiger partial charge >= 0.3 is 0 Å². The second-order valence-electron chi connectivity index (χ2n) is 4.79. The molecular weight excluding hydrogens is 192 g/mol. The molecule has 1 unspecified atom stereocenters. The van der Waals surface area contributed by atoms with E-state index >= 15 is 0 Å². The Hall–Kier alpha value is -0.410. The Morgan fingerprint density at radius 1 is 1.50 bits per heavy atom. The summed E-state index contributed by atoms with van der Waals surface area (Å²) in [4.78, 5) is 4.49. The number of hydrogen-bond donors (Lipinski definition) is 1. The van der Waals surface area contributed by atoms with Crippen LogP contribution in [0.3, 0.4) is 0 Å². The lowest BCUT2D eigenvalue weighted by molar-refractivity contribution is 0.279. The van der Waals surface area contributed by atoms with E-state index in [0.717, 1.165) is 12.1 Å². The number of aromatic nitrogens is 1. The molecule has 1 rings (SSSR count). The van der Waals surface area contributed by atoms with Gasteiger partial charge < -0.3 is 5.32 Å². The summed E-state index contributed by atoms with van der Waals surface area (Å²) in [5.41, 5.74) is 1.42. The molecule has 3 heteroatoms. The Morgan fingerprint density at radius 3 is 2.50 bits per heavy atom. The molecule has 0 spiro atoms. The third-order valence-electron chi connectivity index (χ3n) is 2.44. The predicted octanol–water partition coefficient (Wildman–Crippen LogP) is 2.63. The summed E-state index contributed by atoms with van der Waals surface area (Å²) < 4.78 is 0. The summed E-state index contributed by atoms with van der Waals surface area (Å²) in [5.74, 6) is 0. The largest absolute Gasteiger partial charge is 0.316 e. The van der Waals surface area contributed by atoms with Crippen LogP contribution < -0.4 is 5.32 Å². The van der Waals surface area contributed by atoms with Crippen LogP contribution in [0.25, 0.3) is 0 Å². The molecule has 1 aromatic heterocycles. The molecular formula is C11H20N2S. The highest BCUT2D eigenvalue weighted by molar-refractivity contribution is 7.09. The van der Waals surface area contributed by atoms with Crippen LogP contribution in [-0.4, -0.2) is 18.1 Å². The normalized spacial score (nSPS) is 14.4. The lowest BCUT2D eigenvalue weighted by atomic mass is 9.85. The average Bonchev–Trinajstić information content (AvgIpc) is 2.45. The quantitative estimate of drug-likeness (QED) is 0.833. The molecule has 2 nitrogen and oxygen atoms in total. The first-order chi connectivity index (χ1) is 6.43. The van der Waals surface area contributed by atoms with Crippen molar-refractivity contribution in [2.24, 2.45) is 5.41 Å². The molecule has 0 fully saturated rings. The summed E-state index contributed by atoms with van der Waals surface area (Å²) in [6.07, 6.45) is 1.03. The van der Waals surface area contributed by atoms with Crippen LogP contribution in [0.1, 0.15) is 31.5 Å². The van der Waals surface area contributed by atoms with Crippen LogP contribution in [0.15, 0.2) is 5.38 Å². The molecule has 0 bridgehead atoms. The van der Waals surface area contributed by atoms with E-state index in [1.54, 1.807) is 11.3 Å². The minimum absolute atomic E-state index is 0.286. The van der Waals surface area contributed by atoms with Gasteiger partial charge in [0.1, 0.15) is 0 Å². The van der Waals surface area contributed by atoms with Crippen molar-refractivity contribution in [2.45, 2.75) is 40.2 Å². The molecule has 0 saturated carbocycles. The maximum Gasteiger partial charge on any atom is 0.0943 e. The van der Waals surface area contributed by atoms with E-state index in [4.69, 9.17) is 0 Å². The van der Waals surface area contributed by atoms with Crippen LogP contribution in [0.5, 0.6) is 0 Å². The van der Waals surface area contributed by atoms with E-state index in [-0.39, 0.29) is 5.41 Å². The van der Waals surface area contributed by atoms with Crippen LogP contribution in [-0.2, 0) is 6.42 Å². The van der Waals surface area contributed by atoms with Gasteiger partial charge in [0.2, 0.25) is 0 Å². The van der Waals surface area contributed by atoms with Gasteiger partial charge in [0.25, 0.3) is 0 Å². The fourth-order valence-electron chi connectivity index (χ4n) is 1.51. The Balaban J connectivity index is 2.66. The molecule has 0 amide bonds. The maximum atomic E-state index is 4.49. The Labute approximate surface area is 90.8 Å². The zero-order valence-electron chi connectivity index (χ0n) is 9.72. The van der Waals surface area contributed by atoms with Gasteiger partial charge in [0.15, 0.2) is 0 Å². The zero-order valence-corrected chi connectivity index (χ0v) is 10.5. The number of aryl methyl sites for hydroxylation is 1. The summed E-state index contributed by atoms with van der Waals surface area (Å²) in [6.45, 7) is 8.82. The number of hydrogen-bond acceptors (Lipinski definition) is 3. The first kappa shape index (κ1) is 11.7. The number of likely N-dealkylation sites (N-methyl/N-ethyl adjacent to an activating group) is 1. The lowest BCUT2D eigenvalue weighted by Gasteiger charge is -2.29. The maximum absolute atomic E-state index is 4.49. The van der Waals surface area contributed by atoms with Crippen molar-refractivity contribution in [1.82, 2.24) is 10.3 Å². The number of thiazole rings is 1. The SMILES string of the molecule is CNC(Cc1nc(C)cs1)C(C)(C)C. The Kier molecular flexibility index (Phi) is 3.67. The Morgan fingerprint density at radius 2 is 2.14 bits per heavy atom. The van der Waals surface area contributed by atoms with E-state index in [2.05, 4.69) is 36.5 Å². The summed E-state index contributed by atoms with van der Waals surface area (Å²) in [7, 11) is 2.02. The van der Waals surface area contributed by atoms with Crippen molar-refractivity contribution in [2.75, 3.05) is 7.05 Å². The number of nitrogens with zero attached hydrogens (tertiary/aromatic N) is 1. The summed E-state index contributed by atoms with van der Waals surface area (Å²) in [5, 5.41) is 6.72. The van der Waals surface area contributed by atoms with Gasteiger partial charge in [-0.2, -0.15) is 0 Å². The third kappa shape index (κ3) is 3.07. The molecule has 0 aliphatic heterocycles. The first-order valence-corrected chi connectivity index (χ1v) is 5.89. The van der Waals surface area contributed by atoms with Crippen molar-refractivity contribution in [3.05, 3.63) is 16.1 Å². The third-order valence-corrected chi connectivity index (χ3v) is 3.43. The Bertz CT molecular complexity index is 286. The van der Waals surface area contributed by atoms with Gasteiger partial charge in [-0.25, -0.2) is 4.98 Å². The molecule has 1 heterocycles. The molecule has 14 heavy (non-hydrogen) atoms. The smallest absolute Gasteiger partial charge is 0.0943 e. The van der Waals surface area contributed by atoms with Crippen LogP contribution >= 0.6 is 11.3 Å². The number of nitrogens with one attached hydrogen (secondary N) is 1. The molecule has 1 atom stereocenters. The summed E-state index contributed by atoms with van der Waals surface area (Å²) in [6, 6.07) is 0.494. The first-order valence-electron chi connectivity index (χ1n) is 5.01. The van der Waals surface area contributed by atoms with E-state index < -0.39 is 0 Å². The molecule has 1 N–H and O–H groups in total. The molecule has 80 valence electrons. The van der Waals surface area contributed by atoms with Gasteiger partial charge in [-0.05, 0) is 19.4 Å². The number of rotatable bonds is 3. The second kappa shape index (κ2) is 4.41. The molecule has 0 aromatic carbocycles. The lowest BCUT2D eigenvalue weighted by Crippen LogP contribution is -2.39. The highest BCUT2D eigenvalue weighted by atomic mass is 32.1. The molecule has 1 aromatic rings. The standard InChI is InChI=1S/C11H20N2S/c1-8-7-14-10(13-8)6-9(12-5)11(2,3)4/h7,9,12H,6H2,1-5H3. The van der Waals surface area contributed by atoms with Gasteiger partial charge in [-0.1, -0.05) is 20.8 Å². The minimum Gasteiger partial charge on any atom is -0.316 e. The predicted molar refractivity (Wildman–Crippen MR) is 62.9 cm³/mol. The minimum atomic E-state index is 0.286. The molecule has 0 radical (unpaired) electrons. The molecule has 0 saturated heterocycles. The van der Waals surface area contributed by atoms with Crippen molar-refractivity contribution in [3.8, 4) is 0 Å². The highest BCUT2D eigenvalue weighted by Crippen LogP contribution is 2.23. The van der Waals surface area contributed by atoms with Crippen molar-refractivity contribution < 1.29 is 0 Å². The van der Waals surface area contributed by atoms with Gasteiger partial charge in [-0.15, -0.1) is 11.3 Å². The van der Waals surface area contributed by atoms with Gasteiger partial charge in [0, 0.05) is 23.5 Å². The summed E-state index contributed by atoms with van der Waals surface area (Å²) >= 11 is 1.76. The van der Waals surface area contributed by atoms with Gasteiger partial charge in [-0.3, -0.25) is 0 Å². The fourth-order valence-corrected chi connectivity index (χ4v) is 2.33. The van der Waals surface area contributed by atoms with E-state index in [9.17, 15) is 0 Å². The van der Waals surface area contributed by atoms with E-state index in [1.165, 1.54) is 5.01 Å². The fraction of sp³-hybridized carbons (Fsp3) is 0.727.